The first-order valence-electron chi connectivity index (χ1n) is 8.56. The molecule has 0 fully saturated rings. The number of nitrogens with zero attached hydrogens (tertiary/aromatic N) is 3. The van der Waals surface area contributed by atoms with E-state index in [2.05, 4.69) is 15.3 Å². The van der Waals surface area contributed by atoms with E-state index in [0.29, 0.717) is 26.2 Å². The van der Waals surface area contributed by atoms with Crippen LogP contribution >= 0.6 is 23.1 Å². The Bertz CT molecular complexity index is 1360. The van der Waals surface area contributed by atoms with Crippen molar-refractivity contribution >= 4 is 54.2 Å². The molecule has 2 aromatic heterocycles. The van der Waals surface area contributed by atoms with Crippen LogP contribution in [0.5, 0.6) is 0 Å². The lowest BCUT2D eigenvalue weighted by molar-refractivity contribution is 0.102. The first-order chi connectivity index (χ1) is 14.3. The van der Waals surface area contributed by atoms with Gasteiger partial charge in [-0.2, -0.15) is 0 Å². The van der Waals surface area contributed by atoms with Crippen LogP contribution in [0.3, 0.4) is 0 Å². The molecule has 7 nitrogen and oxygen atoms in total. The minimum Gasteiger partial charge on any atom is -0.296 e. The highest BCUT2D eigenvalue weighted by Gasteiger charge is 2.19. The standard InChI is InChI=1S/C19H15FN4O3S3/c1-28-19-21-10-15(24(19)12-5-3-11(20)4-6-12)17(25)23-18-22-14-8-7-13(30(2,26)27)9-16(14)29-18/h3-10H,1-2H3,(H,22,23,25). The summed E-state index contributed by atoms with van der Waals surface area (Å²) in [6.07, 6.45) is 4.41. The number of thiazole rings is 1. The number of imidazole rings is 1. The summed E-state index contributed by atoms with van der Waals surface area (Å²) in [5, 5.41) is 3.65. The van der Waals surface area contributed by atoms with Gasteiger partial charge < -0.3 is 0 Å². The lowest BCUT2D eigenvalue weighted by Gasteiger charge is -2.10. The summed E-state index contributed by atoms with van der Waals surface area (Å²) in [7, 11) is -3.34. The minimum absolute atomic E-state index is 0.190. The van der Waals surface area contributed by atoms with Crippen LogP contribution in [0.2, 0.25) is 0 Å². The van der Waals surface area contributed by atoms with Crippen molar-refractivity contribution in [1.82, 2.24) is 14.5 Å². The number of carbonyl (C=O) groups excluding carboxylic acids is 1. The van der Waals surface area contributed by atoms with Crippen molar-refractivity contribution in [3.63, 3.8) is 0 Å². The zero-order valence-corrected chi connectivity index (χ0v) is 18.2. The van der Waals surface area contributed by atoms with Crippen LogP contribution in [0.4, 0.5) is 9.52 Å². The molecular formula is C19H15FN4O3S3. The fourth-order valence-corrected chi connectivity index (χ4v) is 5.00. The molecule has 0 radical (unpaired) electrons. The van der Waals surface area contributed by atoms with E-state index in [0.717, 1.165) is 6.26 Å². The van der Waals surface area contributed by atoms with Crippen LogP contribution < -0.4 is 5.32 Å². The number of carbonyl (C=O) groups is 1. The summed E-state index contributed by atoms with van der Waals surface area (Å²) in [5.74, 6) is -0.812. The predicted octanol–water partition coefficient (Wildman–Crippen LogP) is 4.00. The van der Waals surface area contributed by atoms with Crippen molar-refractivity contribution in [2.75, 3.05) is 17.8 Å². The highest BCUT2D eigenvalue weighted by molar-refractivity contribution is 7.98. The third-order valence-electron chi connectivity index (χ3n) is 4.24. The minimum atomic E-state index is -3.34. The van der Waals surface area contributed by atoms with Gasteiger partial charge in [0.1, 0.15) is 11.5 Å². The zero-order valence-electron chi connectivity index (χ0n) is 15.8. The number of sulfone groups is 1. The molecule has 0 saturated heterocycles. The van der Waals surface area contributed by atoms with Crippen LogP contribution in [0.1, 0.15) is 10.5 Å². The molecule has 4 aromatic rings. The lowest BCUT2D eigenvalue weighted by atomic mass is 10.3. The fourth-order valence-electron chi connectivity index (χ4n) is 2.83. The number of nitrogens with one attached hydrogen (secondary N) is 1. The quantitative estimate of drug-likeness (QED) is 0.451. The maximum Gasteiger partial charge on any atom is 0.276 e. The number of benzene rings is 2. The van der Waals surface area contributed by atoms with Crippen LogP contribution in [-0.2, 0) is 9.84 Å². The van der Waals surface area contributed by atoms with Crippen LogP contribution in [0.25, 0.3) is 15.9 Å². The Labute approximate surface area is 179 Å². The van der Waals surface area contributed by atoms with E-state index in [1.807, 2.05) is 6.26 Å². The molecule has 4 rings (SSSR count). The van der Waals surface area contributed by atoms with Gasteiger partial charge in [0.2, 0.25) is 0 Å². The Morgan fingerprint density at radius 2 is 1.93 bits per heavy atom. The number of hydrogen-bond donors (Lipinski definition) is 1. The molecule has 1 N–H and O–H groups in total. The van der Waals surface area contributed by atoms with Gasteiger partial charge in [-0.15, -0.1) is 0 Å². The first-order valence-corrected chi connectivity index (χ1v) is 12.5. The summed E-state index contributed by atoms with van der Waals surface area (Å²) in [6, 6.07) is 10.4. The molecule has 30 heavy (non-hydrogen) atoms. The third-order valence-corrected chi connectivity index (χ3v) is 6.93. The second-order valence-corrected chi connectivity index (χ2v) is 10.1. The number of halogens is 1. The average molecular weight is 463 g/mol. The number of aromatic nitrogens is 3. The second kappa shape index (κ2) is 7.82. The second-order valence-electron chi connectivity index (χ2n) is 6.32. The van der Waals surface area contributed by atoms with Crippen molar-refractivity contribution in [3.8, 4) is 5.69 Å². The normalized spacial score (nSPS) is 11.7. The van der Waals surface area contributed by atoms with Gasteiger partial charge in [-0.3, -0.25) is 14.7 Å². The van der Waals surface area contributed by atoms with Crippen molar-refractivity contribution in [2.24, 2.45) is 0 Å². The van der Waals surface area contributed by atoms with Gasteiger partial charge in [-0.25, -0.2) is 22.8 Å². The summed E-state index contributed by atoms with van der Waals surface area (Å²) < 4.78 is 39.1. The van der Waals surface area contributed by atoms with Gasteiger partial charge in [-0.1, -0.05) is 23.1 Å². The van der Waals surface area contributed by atoms with Gasteiger partial charge in [0.25, 0.3) is 5.91 Å². The van der Waals surface area contributed by atoms with Crippen molar-refractivity contribution < 1.29 is 17.6 Å². The lowest BCUT2D eigenvalue weighted by Crippen LogP contribution is -2.16. The molecule has 1 amide bonds. The highest BCUT2D eigenvalue weighted by atomic mass is 32.2. The molecule has 0 bridgehead atoms. The first kappa shape index (κ1) is 20.5. The Morgan fingerprint density at radius 1 is 1.20 bits per heavy atom. The maximum absolute atomic E-state index is 13.3. The largest absolute Gasteiger partial charge is 0.296 e. The molecule has 0 spiro atoms. The zero-order chi connectivity index (χ0) is 21.5. The third kappa shape index (κ3) is 3.95. The number of anilines is 1. The molecule has 154 valence electrons. The Morgan fingerprint density at radius 3 is 2.60 bits per heavy atom. The molecular weight excluding hydrogens is 447 g/mol. The van der Waals surface area contributed by atoms with Gasteiger partial charge in [0, 0.05) is 11.9 Å². The monoisotopic (exact) mass is 462 g/mol. The van der Waals surface area contributed by atoms with Crippen LogP contribution in [-0.4, -0.2) is 41.4 Å². The Hall–Kier alpha value is -2.76. The number of fused-ring (bicyclic) bond motifs is 1. The Balaban J connectivity index is 1.68. The predicted molar refractivity (Wildman–Crippen MR) is 116 cm³/mol. The van der Waals surface area contributed by atoms with E-state index in [1.54, 1.807) is 22.8 Å². The van der Waals surface area contributed by atoms with E-state index in [1.165, 1.54) is 53.6 Å². The number of thioether (sulfide) groups is 1. The molecule has 11 heteroatoms. The van der Waals surface area contributed by atoms with Crippen molar-refractivity contribution in [2.45, 2.75) is 10.1 Å². The number of rotatable bonds is 5. The summed E-state index contributed by atoms with van der Waals surface area (Å²) in [5.41, 5.74) is 1.45. The fraction of sp³-hybridized carbons (Fsp3) is 0.105. The molecule has 0 aliphatic heterocycles. The van der Waals surface area contributed by atoms with Gasteiger partial charge in [0.05, 0.1) is 21.3 Å². The van der Waals surface area contributed by atoms with Crippen LogP contribution in [0, 0.1) is 5.82 Å². The van der Waals surface area contributed by atoms with E-state index < -0.39 is 15.7 Å². The van der Waals surface area contributed by atoms with E-state index in [4.69, 9.17) is 0 Å². The molecule has 0 unspecified atom stereocenters. The maximum atomic E-state index is 13.3. The van der Waals surface area contributed by atoms with Crippen molar-refractivity contribution in [1.29, 1.82) is 0 Å². The highest BCUT2D eigenvalue weighted by Crippen LogP contribution is 2.29. The summed E-state index contributed by atoms with van der Waals surface area (Å²) in [4.78, 5) is 21.7. The molecule has 0 aliphatic carbocycles. The van der Waals surface area contributed by atoms with E-state index in [-0.39, 0.29) is 16.4 Å². The van der Waals surface area contributed by atoms with Gasteiger partial charge in [0.15, 0.2) is 20.1 Å². The average Bonchev–Trinajstić information content (AvgIpc) is 3.30. The summed E-state index contributed by atoms with van der Waals surface area (Å²) in [6.45, 7) is 0. The van der Waals surface area contributed by atoms with Crippen molar-refractivity contribution in [3.05, 3.63) is 60.2 Å². The van der Waals surface area contributed by atoms with E-state index >= 15 is 0 Å². The molecule has 2 aromatic carbocycles. The van der Waals surface area contributed by atoms with E-state index in [9.17, 15) is 17.6 Å². The molecule has 0 atom stereocenters. The van der Waals surface area contributed by atoms with Gasteiger partial charge in [-0.05, 0) is 48.7 Å². The Kier molecular flexibility index (Phi) is 5.35. The topological polar surface area (TPSA) is 94.0 Å². The smallest absolute Gasteiger partial charge is 0.276 e. The molecule has 2 heterocycles. The van der Waals surface area contributed by atoms with Gasteiger partial charge >= 0.3 is 0 Å². The molecule has 0 saturated carbocycles. The number of amides is 1. The summed E-state index contributed by atoms with van der Waals surface area (Å²) >= 11 is 2.53. The SMILES string of the molecule is CSc1ncc(C(=O)Nc2nc3ccc(S(C)(=O)=O)cc3s2)n1-c1ccc(F)cc1. The molecule has 0 aliphatic rings. The van der Waals surface area contributed by atoms with Crippen LogP contribution in [0.15, 0.2) is 58.7 Å². The number of hydrogen-bond acceptors (Lipinski definition) is 7.